The third-order valence-electron chi connectivity index (χ3n) is 3.61. The molecular weight excluding hydrogens is 339 g/mol. The normalized spacial score (nSPS) is 12.7. The molecule has 0 aliphatic rings. The lowest BCUT2D eigenvalue weighted by atomic mass is 10.2. The molecule has 5 nitrogen and oxygen atoms in total. The van der Waals surface area contributed by atoms with E-state index in [0.29, 0.717) is 12.5 Å². The molecule has 0 aliphatic carbocycles. The van der Waals surface area contributed by atoms with Crippen molar-refractivity contribution in [1.29, 1.82) is 0 Å². The summed E-state index contributed by atoms with van der Waals surface area (Å²) >= 11 is 1.70. The molecule has 1 heterocycles. The van der Waals surface area contributed by atoms with Crippen molar-refractivity contribution >= 4 is 17.3 Å². The number of benzene rings is 1. The van der Waals surface area contributed by atoms with Crippen LogP contribution in [0.4, 0.5) is 4.39 Å². The third-order valence-corrected chi connectivity index (χ3v) is 4.58. The molecule has 2 N–H and O–H groups in total. The van der Waals surface area contributed by atoms with Crippen LogP contribution in [0.3, 0.4) is 0 Å². The molecule has 0 aliphatic heterocycles. The van der Waals surface area contributed by atoms with Gasteiger partial charge in [-0.15, -0.1) is 11.3 Å². The van der Waals surface area contributed by atoms with Crippen LogP contribution >= 0.6 is 11.3 Å². The van der Waals surface area contributed by atoms with Crippen LogP contribution in [0.5, 0.6) is 5.75 Å². The van der Waals surface area contributed by atoms with Crippen molar-refractivity contribution in [2.75, 3.05) is 20.1 Å². The zero-order chi connectivity index (χ0) is 18.1. The molecule has 1 aromatic heterocycles. The molecule has 1 unspecified atom stereocenters. The number of ether oxygens (including phenoxy) is 1. The predicted molar refractivity (Wildman–Crippen MR) is 101 cm³/mol. The fraction of sp³-hybridized carbons (Fsp3) is 0.444. The van der Waals surface area contributed by atoms with Gasteiger partial charge in [0.15, 0.2) is 17.5 Å². The van der Waals surface area contributed by atoms with E-state index in [1.54, 1.807) is 36.6 Å². The lowest BCUT2D eigenvalue weighted by molar-refractivity contribution is 0.191. The number of aryl methyl sites for hydroxylation is 1. The molecule has 7 heteroatoms. The Bertz CT molecular complexity index is 689. The van der Waals surface area contributed by atoms with Gasteiger partial charge in [-0.3, -0.25) is 4.99 Å². The van der Waals surface area contributed by atoms with Gasteiger partial charge in [0.2, 0.25) is 0 Å². The first-order valence-electron chi connectivity index (χ1n) is 8.39. The number of halogens is 1. The molecular formula is C18H25FN4OS. The highest BCUT2D eigenvalue weighted by Crippen LogP contribution is 2.17. The van der Waals surface area contributed by atoms with Crippen molar-refractivity contribution in [3.8, 4) is 5.75 Å². The van der Waals surface area contributed by atoms with Gasteiger partial charge < -0.3 is 15.4 Å². The van der Waals surface area contributed by atoms with E-state index in [2.05, 4.69) is 27.5 Å². The number of thiazole rings is 1. The number of aliphatic imine (C=N–C) groups is 1. The predicted octanol–water partition coefficient (Wildman–Crippen LogP) is 3.16. The van der Waals surface area contributed by atoms with Crippen LogP contribution in [0.2, 0.25) is 0 Å². The summed E-state index contributed by atoms with van der Waals surface area (Å²) < 4.78 is 19.4. The summed E-state index contributed by atoms with van der Waals surface area (Å²) in [5.41, 5.74) is 0. The number of hydrogen-bond donors (Lipinski definition) is 2. The summed E-state index contributed by atoms with van der Waals surface area (Å²) in [6, 6.07) is 6.45. The highest BCUT2D eigenvalue weighted by Gasteiger charge is 2.12. The summed E-state index contributed by atoms with van der Waals surface area (Å²) in [5.74, 6) is 0.629. The first-order valence-corrected chi connectivity index (χ1v) is 9.21. The van der Waals surface area contributed by atoms with Crippen molar-refractivity contribution < 1.29 is 9.13 Å². The number of nitrogens with zero attached hydrogens (tertiary/aromatic N) is 2. The van der Waals surface area contributed by atoms with Gasteiger partial charge in [-0.05, 0) is 25.5 Å². The van der Waals surface area contributed by atoms with Crippen LogP contribution in [0.25, 0.3) is 0 Å². The maximum absolute atomic E-state index is 13.7. The van der Waals surface area contributed by atoms with Crippen LogP contribution in [0.15, 0.2) is 35.5 Å². The van der Waals surface area contributed by atoms with E-state index in [-0.39, 0.29) is 17.7 Å². The molecule has 1 aromatic carbocycles. The zero-order valence-electron chi connectivity index (χ0n) is 14.9. The third kappa shape index (κ3) is 6.34. The number of nitrogens with one attached hydrogen (secondary N) is 2. The molecule has 0 fully saturated rings. The molecule has 0 bridgehead atoms. The van der Waals surface area contributed by atoms with Crippen LogP contribution < -0.4 is 15.4 Å². The maximum atomic E-state index is 13.7. The molecule has 0 saturated heterocycles. The summed E-state index contributed by atoms with van der Waals surface area (Å²) in [6.07, 6.45) is 3.36. The number of hydrogen-bond acceptors (Lipinski definition) is 4. The van der Waals surface area contributed by atoms with Gasteiger partial charge in [0, 0.05) is 31.1 Å². The average molecular weight is 364 g/mol. The largest absolute Gasteiger partial charge is 0.486 e. The highest BCUT2D eigenvalue weighted by atomic mass is 32.1. The van der Waals surface area contributed by atoms with E-state index in [1.165, 1.54) is 10.9 Å². The van der Waals surface area contributed by atoms with Crippen molar-refractivity contribution in [2.24, 2.45) is 4.99 Å². The quantitative estimate of drug-likeness (QED) is 0.558. The lowest BCUT2D eigenvalue weighted by Gasteiger charge is -2.20. The van der Waals surface area contributed by atoms with E-state index in [9.17, 15) is 4.39 Å². The Balaban J connectivity index is 1.77. The Labute approximate surface area is 152 Å². The van der Waals surface area contributed by atoms with Crippen LogP contribution in [0, 0.1) is 12.7 Å². The Morgan fingerprint density at radius 1 is 1.36 bits per heavy atom. The molecule has 0 saturated carbocycles. The zero-order valence-corrected chi connectivity index (χ0v) is 15.7. The van der Waals surface area contributed by atoms with Gasteiger partial charge in [-0.1, -0.05) is 19.1 Å². The second kappa shape index (κ2) is 9.98. The SMILES string of the molecule is CCC(CNC(=NC)NCCc1ncc(C)s1)Oc1ccccc1F. The highest BCUT2D eigenvalue weighted by molar-refractivity contribution is 7.11. The fourth-order valence-corrected chi connectivity index (χ4v) is 3.01. The number of rotatable bonds is 8. The first-order chi connectivity index (χ1) is 12.1. The minimum absolute atomic E-state index is 0.142. The van der Waals surface area contributed by atoms with Gasteiger partial charge in [0.25, 0.3) is 0 Å². The summed E-state index contributed by atoms with van der Waals surface area (Å²) in [6.45, 7) is 5.35. The fourth-order valence-electron chi connectivity index (χ4n) is 2.23. The maximum Gasteiger partial charge on any atom is 0.191 e. The number of para-hydroxylation sites is 1. The van der Waals surface area contributed by atoms with E-state index in [4.69, 9.17) is 4.74 Å². The monoisotopic (exact) mass is 364 g/mol. The molecule has 0 radical (unpaired) electrons. The Hall–Kier alpha value is -2.15. The Kier molecular flexibility index (Phi) is 7.66. The minimum Gasteiger partial charge on any atom is -0.486 e. The molecule has 2 aromatic rings. The van der Waals surface area contributed by atoms with E-state index in [1.807, 2.05) is 13.1 Å². The van der Waals surface area contributed by atoms with Crippen molar-refractivity contribution in [2.45, 2.75) is 32.8 Å². The first kappa shape index (κ1) is 19.2. The van der Waals surface area contributed by atoms with Crippen molar-refractivity contribution in [3.05, 3.63) is 46.2 Å². The molecule has 25 heavy (non-hydrogen) atoms. The van der Waals surface area contributed by atoms with Gasteiger partial charge >= 0.3 is 0 Å². The topological polar surface area (TPSA) is 58.5 Å². The molecule has 0 spiro atoms. The van der Waals surface area contributed by atoms with Crippen LogP contribution in [-0.2, 0) is 6.42 Å². The number of aromatic nitrogens is 1. The van der Waals surface area contributed by atoms with E-state index < -0.39 is 0 Å². The molecule has 0 amide bonds. The summed E-state index contributed by atoms with van der Waals surface area (Å²) in [5, 5.41) is 7.59. The average Bonchev–Trinajstić information content (AvgIpc) is 3.03. The van der Waals surface area contributed by atoms with Gasteiger partial charge in [-0.25, -0.2) is 9.37 Å². The van der Waals surface area contributed by atoms with Crippen molar-refractivity contribution in [1.82, 2.24) is 15.6 Å². The summed E-state index contributed by atoms with van der Waals surface area (Å²) in [4.78, 5) is 9.76. The molecule has 2 rings (SSSR count). The summed E-state index contributed by atoms with van der Waals surface area (Å²) in [7, 11) is 1.72. The van der Waals surface area contributed by atoms with Crippen LogP contribution in [0.1, 0.15) is 23.2 Å². The van der Waals surface area contributed by atoms with Crippen LogP contribution in [-0.4, -0.2) is 37.2 Å². The second-order valence-electron chi connectivity index (χ2n) is 5.57. The minimum atomic E-state index is -0.345. The standard InChI is InChI=1S/C18H25FN4OS/c1-4-14(24-16-8-6-5-7-15(16)19)12-23-18(20-3)21-10-9-17-22-11-13(2)25-17/h5-8,11,14H,4,9-10,12H2,1-3H3,(H2,20,21,23). The van der Waals surface area contributed by atoms with E-state index in [0.717, 1.165) is 24.4 Å². The van der Waals surface area contributed by atoms with Gasteiger partial charge in [0.1, 0.15) is 6.10 Å². The molecule has 1 atom stereocenters. The Morgan fingerprint density at radius 2 is 2.16 bits per heavy atom. The van der Waals surface area contributed by atoms with Crippen molar-refractivity contribution in [3.63, 3.8) is 0 Å². The lowest BCUT2D eigenvalue weighted by Crippen LogP contribution is -2.43. The van der Waals surface area contributed by atoms with Gasteiger partial charge in [0.05, 0.1) is 11.6 Å². The molecule has 136 valence electrons. The van der Waals surface area contributed by atoms with Gasteiger partial charge in [-0.2, -0.15) is 0 Å². The smallest absolute Gasteiger partial charge is 0.191 e. The Morgan fingerprint density at radius 3 is 2.80 bits per heavy atom. The van der Waals surface area contributed by atoms with E-state index >= 15 is 0 Å². The number of guanidine groups is 1. The second-order valence-corrected chi connectivity index (χ2v) is 6.89.